The summed E-state index contributed by atoms with van der Waals surface area (Å²) < 4.78 is 38.8. The van der Waals surface area contributed by atoms with Crippen LogP contribution in [0.5, 0.6) is 11.5 Å². The topological polar surface area (TPSA) is 346 Å². The van der Waals surface area contributed by atoms with Crippen LogP contribution in [0.2, 0.25) is 0 Å². The van der Waals surface area contributed by atoms with E-state index in [0.717, 1.165) is 77.1 Å². The predicted molar refractivity (Wildman–Crippen MR) is 342 cm³/mol. The number of para-hydroxylation sites is 1. The molecule has 3 aromatic heterocycles. The summed E-state index contributed by atoms with van der Waals surface area (Å²) in [6.07, 6.45) is 5.77. The number of fused-ring (bicyclic) bond motifs is 2. The number of aromatic nitrogens is 4. The zero-order valence-corrected chi connectivity index (χ0v) is 53.7. The summed E-state index contributed by atoms with van der Waals surface area (Å²) in [7, 11) is 0. The minimum Gasteiger partial charge on any atom is -0.491 e. The summed E-state index contributed by atoms with van der Waals surface area (Å²) in [5.74, 6) is -3.18. The summed E-state index contributed by atoms with van der Waals surface area (Å²) in [6.45, 7) is 8.38. The molecule has 7 aliphatic rings. The molecule has 4 aliphatic carbocycles. The van der Waals surface area contributed by atoms with E-state index >= 15 is 0 Å². The van der Waals surface area contributed by atoms with Crippen LogP contribution < -0.4 is 30.3 Å². The molecular formula is C68H74N10O16S. The number of carbonyl (C=O) groups excluding carboxylic acids is 5. The molecule has 4 saturated carbocycles. The second kappa shape index (κ2) is 27.2. The first-order valence-corrected chi connectivity index (χ1v) is 32.5. The summed E-state index contributed by atoms with van der Waals surface area (Å²) >= 11 is 1.37. The molecule has 13 rings (SSSR count). The monoisotopic (exact) mass is 1320 g/mol. The number of carbonyl (C=O) groups is 7. The number of nitrogens with zero attached hydrogens (tertiary/aromatic N) is 7. The maximum atomic E-state index is 13.9. The zero-order chi connectivity index (χ0) is 66.8. The van der Waals surface area contributed by atoms with E-state index < -0.39 is 53.9 Å². The first-order chi connectivity index (χ1) is 45.6. The average molecular weight is 1320 g/mol. The van der Waals surface area contributed by atoms with E-state index in [2.05, 4.69) is 40.9 Å². The van der Waals surface area contributed by atoms with Gasteiger partial charge in [-0.15, -0.1) is 0 Å². The number of nitriles is 1. The Labute approximate surface area is 550 Å². The van der Waals surface area contributed by atoms with Gasteiger partial charge in [-0.2, -0.15) is 10.4 Å². The molecule has 5 amide bonds. The number of amides is 5. The number of thiazole rings is 1. The van der Waals surface area contributed by atoms with Crippen molar-refractivity contribution in [3.63, 3.8) is 0 Å². The molecule has 26 nitrogen and oxygen atoms in total. The van der Waals surface area contributed by atoms with Crippen LogP contribution in [0, 0.1) is 34.5 Å². The minimum atomic E-state index is -1.26. The van der Waals surface area contributed by atoms with Gasteiger partial charge in [0.1, 0.15) is 30.5 Å². The number of aliphatic hydroxyl groups is 1. The molecule has 0 spiro atoms. The van der Waals surface area contributed by atoms with Gasteiger partial charge in [0.2, 0.25) is 12.2 Å². The van der Waals surface area contributed by atoms with Crippen molar-refractivity contribution in [2.45, 2.75) is 129 Å². The number of benzene rings is 3. The third kappa shape index (κ3) is 14.7. The summed E-state index contributed by atoms with van der Waals surface area (Å²) in [4.78, 5) is 100. The highest BCUT2D eigenvalue weighted by molar-refractivity contribution is 7.22. The fourth-order valence-electron chi connectivity index (χ4n) is 15.9. The van der Waals surface area contributed by atoms with E-state index in [0.29, 0.717) is 63.8 Å². The van der Waals surface area contributed by atoms with Gasteiger partial charge >= 0.3 is 18.0 Å². The SMILES string of the molecule is Cc1c(-c2ccc(N3CCc4c(C#N)ccc(C(=O)Nc5nc6ccccc6s5)c4C3)nc2C(=O)O)cnn1CC12CC3(C)CC(C)(C1)CC(OCCNC(=O)OCc1ccc(O[C@H]4C[C@@H](O)C[C@@H](C(=O)O)O4)cc1OCCOCCNC(=O)CCN1C(=O)C=CC1=O)(C3)C2. The molecule has 6 N–H and O–H groups in total. The molecular weight excluding hydrogens is 1240 g/mol. The van der Waals surface area contributed by atoms with E-state index in [1.807, 2.05) is 40.8 Å². The second-order valence-corrected chi connectivity index (χ2v) is 27.4. The minimum absolute atomic E-state index is 0.0221. The lowest BCUT2D eigenvalue weighted by atomic mass is 9.39. The fraction of sp³-hybridized carbons (Fsp3) is 0.456. The lowest BCUT2D eigenvalue weighted by Crippen LogP contribution is -2.64. The van der Waals surface area contributed by atoms with Crippen LogP contribution in [0.25, 0.3) is 21.3 Å². The number of alkyl carbamates (subject to hydrolysis) is 1. The second-order valence-electron chi connectivity index (χ2n) is 26.4. The third-order valence-electron chi connectivity index (χ3n) is 18.7. The average Bonchev–Trinajstić information content (AvgIpc) is 0.903. The largest absolute Gasteiger partial charge is 0.491 e. The van der Waals surface area contributed by atoms with Crippen LogP contribution in [-0.2, 0) is 64.2 Å². The summed E-state index contributed by atoms with van der Waals surface area (Å²) in [5, 5.41) is 54.6. The molecule has 5 fully saturated rings. The number of aromatic carboxylic acids is 1. The molecule has 2 unspecified atom stereocenters. The Morgan fingerprint density at radius 3 is 2.39 bits per heavy atom. The third-order valence-corrected chi connectivity index (χ3v) is 19.7. The number of pyridine rings is 1. The maximum absolute atomic E-state index is 13.9. The van der Waals surface area contributed by atoms with Gasteiger partial charge in [-0.25, -0.2) is 24.4 Å². The van der Waals surface area contributed by atoms with Crippen molar-refractivity contribution < 1.29 is 77.3 Å². The van der Waals surface area contributed by atoms with Crippen LogP contribution >= 0.6 is 11.3 Å². The molecule has 27 heteroatoms. The van der Waals surface area contributed by atoms with E-state index in [1.165, 1.54) is 17.4 Å². The number of rotatable bonds is 26. The van der Waals surface area contributed by atoms with Crippen molar-refractivity contribution >= 4 is 74.2 Å². The fourth-order valence-corrected chi connectivity index (χ4v) is 16.7. The van der Waals surface area contributed by atoms with Crippen molar-refractivity contribution in [3.8, 4) is 28.7 Å². The molecule has 5 atom stereocenters. The van der Waals surface area contributed by atoms with Crippen molar-refractivity contribution in [3.05, 3.63) is 124 Å². The van der Waals surface area contributed by atoms with E-state index in [-0.39, 0.29) is 124 Å². The Balaban J connectivity index is 0.659. The Morgan fingerprint density at radius 2 is 1.63 bits per heavy atom. The number of hydrogen-bond donors (Lipinski definition) is 6. The van der Waals surface area contributed by atoms with Gasteiger partial charge in [0.15, 0.2) is 16.9 Å². The van der Waals surface area contributed by atoms with Gasteiger partial charge in [0.25, 0.3) is 17.7 Å². The van der Waals surface area contributed by atoms with Crippen LogP contribution in [0.4, 0.5) is 15.7 Å². The highest BCUT2D eigenvalue weighted by atomic mass is 32.1. The summed E-state index contributed by atoms with van der Waals surface area (Å²) in [5.41, 5.74) is 4.53. The van der Waals surface area contributed by atoms with Gasteiger partial charge in [-0.1, -0.05) is 37.3 Å². The number of aliphatic hydroxyl groups excluding tert-OH is 1. The molecule has 0 radical (unpaired) electrons. The number of hydrogen-bond acceptors (Lipinski definition) is 20. The van der Waals surface area contributed by atoms with Crippen molar-refractivity contribution in [2.75, 3.05) is 62.8 Å². The lowest BCUT2D eigenvalue weighted by molar-refractivity contribution is -0.247. The molecule has 6 aromatic rings. The Morgan fingerprint density at radius 1 is 0.853 bits per heavy atom. The molecule has 3 aliphatic heterocycles. The zero-order valence-electron chi connectivity index (χ0n) is 52.9. The first-order valence-electron chi connectivity index (χ1n) is 31.7. The van der Waals surface area contributed by atoms with Crippen LogP contribution in [0.3, 0.4) is 0 Å². The normalized spacial score (nSPS) is 24.1. The first kappa shape index (κ1) is 65.7. The molecule has 95 heavy (non-hydrogen) atoms. The number of carboxylic acids is 2. The molecule has 1 saturated heterocycles. The Kier molecular flexibility index (Phi) is 18.8. The lowest BCUT2D eigenvalue weighted by Gasteiger charge is -2.69. The number of nitrogens with one attached hydrogen (secondary N) is 3. The van der Waals surface area contributed by atoms with Gasteiger partial charge in [-0.3, -0.25) is 34.1 Å². The highest BCUT2D eigenvalue weighted by Gasteiger charge is 2.66. The van der Waals surface area contributed by atoms with Crippen molar-refractivity contribution in [1.29, 1.82) is 5.26 Å². The number of carboxylic acid groups (broad SMARTS) is 2. The number of aliphatic carboxylic acids is 1. The van der Waals surface area contributed by atoms with Gasteiger partial charge in [0.05, 0.1) is 59.6 Å². The van der Waals surface area contributed by atoms with Gasteiger partial charge in [-0.05, 0) is 128 Å². The van der Waals surface area contributed by atoms with Crippen LogP contribution in [-0.4, -0.2) is 158 Å². The standard InChI is InChI=1S/C68H74N10O16S/c1-40-48(46-12-13-54(74-59(46)62(86)87)76-20-16-45-41(29-69)9-11-47(49(45)31-76)60(83)75-63-73-50-6-4-5-7-53(50)95-63)30-72-78(40)39-67-34-65(2)33-66(3,35-67)37-68(36-65,38-67)92-23-19-71-64(88)91-32-42-8-10-44(93-58-27-43(79)26-52(94-58)61(84)85)28-51(42)90-25-24-89-22-18-70-55(80)17-21-77-56(81)14-15-57(77)82/h4-15,28,30,43,52,58,79H,16-27,31-39H2,1-3H3,(H,70,80)(H,71,88)(H,84,85)(H,86,87)(H,73,75,83)/t43-,52-,58+,65?,66?,67?,68?/m0/s1. The van der Waals surface area contributed by atoms with E-state index in [1.54, 1.807) is 42.6 Å². The predicted octanol–water partition coefficient (Wildman–Crippen LogP) is 7.47. The van der Waals surface area contributed by atoms with Crippen molar-refractivity contribution in [2.24, 2.45) is 16.2 Å². The number of imide groups is 1. The highest BCUT2D eigenvalue weighted by Crippen LogP contribution is 2.72. The number of anilines is 2. The van der Waals surface area contributed by atoms with E-state index in [4.69, 9.17) is 38.5 Å². The van der Waals surface area contributed by atoms with Crippen LogP contribution in [0.1, 0.15) is 120 Å². The van der Waals surface area contributed by atoms with E-state index in [9.17, 15) is 54.1 Å². The van der Waals surface area contributed by atoms with Crippen molar-refractivity contribution in [1.82, 2.24) is 35.3 Å². The smallest absolute Gasteiger partial charge is 0.407 e. The Bertz CT molecular complexity index is 4020. The molecule has 3 aromatic carbocycles. The Hall–Kier alpha value is -9.33. The molecule has 4 bridgehead atoms. The maximum Gasteiger partial charge on any atom is 0.407 e. The quantitative estimate of drug-likeness (QED) is 0.0226. The summed E-state index contributed by atoms with van der Waals surface area (Å²) in [6, 6.07) is 21.5. The number of ether oxygens (including phenoxy) is 6. The van der Waals surface area contributed by atoms with Gasteiger partial charge in [0, 0.05) is 105 Å². The van der Waals surface area contributed by atoms with Gasteiger partial charge < -0.3 is 59.3 Å². The molecule has 498 valence electrons. The van der Waals surface area contributed by atoms with Crippen LogP contribution in [0.15, 0.2) is 85.1 Å². The molecule has 6 heterocycles.